The van der Waals surface area contributed by atoms with Crippen molar-refractivity contribution >= 4 is 0 Å². The summed E-state index contributed by atoms with van der Waals surface area (Å²) in [6, 6.07) is 6.77. The van der Waals surface area contributed by atoms with E-state index < -0.39 is 0 Å². The van der Waals surface area contributed by atoms with Crippen LogP contribution in [0.5, 0.6) is 5.75 Å². The van der Waals surface area contributed by atoms with E-state index in [1.807, 2.05) is 0 Å². The smallest absolute Gasteiger partial charge is 0.123 e. The molecule has 1 aliphatic heterocycles. The summed E-state index contributed by atoms with van der Waals surface area (Å²) in [5.41, 5.74) is 0.336. The van der Waals surface area contributed by atoms with Gasteiger partial charge in [-0.2, -0.15) is 0 Å². The van der Waals surface area contributed by atoms with Crippen molar-refractivity contribution < 1.29 is 9.13 Å². The molecule has 18 heavy (non-hydrogen) atoms. The summed E-state index contributed by atoms with van der Waals surface area (Å²) in [6.07, 6.45) is 2.37. The second-order valence-corrected chi connectivity index (χ2v) is 6.30. The Balaban J connectivity index is 1.84. The lowest BCUT2D eigenvalue weighted by Gasteiger charge is -2.22. The van der Waals surface area contributed by atoms with E-state index in [0.717, 1.165) is 25.1 Å². The molecular weight excluding hydrogens is 229 g/mol. The van der Waals surface area contributed by atoms with Gasteiger partial charge in [-0.15, -0.1) is 0 Å². The molecular formula is C15H22FNO. The van der Waals surface area contributed by atoms with Gasteiger partial charge in [-0.05, 0) is 36.1 Å². The summed E-state index contributed by atoms with van der Waals surface area (Å²) < 4.78 is 18.6. The molecule has 1 aromatic rings. The highest BCUT2D eigenvalue weighted by molar-refractivity contribution is 5.22. The zero-order valence-electron chi connectivity index (χ0n) is 11.4. The van der Waals surface area contributed by atoms with Gasteiger partial charge in [0.25, 0.3) is 0 Å². The minimum absolute atomic E-state index is 0.197. The van der Waals surface area contributed by atoms with Crippen molar-refractivity contribution in [2.24, 2.45) is 5.41 Å². The fourth-order valence-electron chi connectivity index (χ4n) is 2.47. The molecule has 2 unspecified atom stereocenters. The van der Waals surface area contributed by atoms with Crippen LogP contribution in [0.15, 0.2) is 24.3 Å². The summed E-state index contributed by atoms with van der Waals surface area (Å²) >= 11 is 0. The van der Waals surface area contributed by atoms with Crippen LogP contribution in [0.4, 0.5) is 4.39 Å². The molecule has 0 radical (unpaired) electrons. The zero-order chi connectivity index (χ0) is 13.2. The van der Waals surface area contributed by atoms with E-state index >= 15 is 0 Å². The Kier molecular flexibility index (Phi) is 3.91. The van der Waals surface area contributed by atoms with Gasteiger partial charge in [-0.3, -0.25) is 0 Å². The van der Waals surface area contributed by atoms with Crippen LogP contribution in [0.25, 0.3) is 0 Å². The van der Waals surface area contributed by atoms with Crippen LogP contribution < -0.4 is 10.1 Å². The van der Waals surface area contributed by atoms with E-state index in [9.17, 15) is 4.39 Å². The first-order valence-corrected chi connectivity index (χ1v) is 6.58. The molecule has 0 amide bonds. The van der Waals surface area contributed by atoms with E-state index in [1.165, 1.54) is 12.1 Å². The number of nitrogens with one attached hydrogen (secondary N) is 1. The van der Waals surface area contributed by atoms with Gasteiger partial charge in [-0.1, -0.05) is 20.8 Å². The second kappa shape index (κ2) is 5.27. The summed E-state index contributed by atoms with van der Waals surface area (Å²) in [6.45, 7) is 7.63. The van der Waals surface area contributed by atoms with Crippen LogP contribution in [0, 0.1) is 11.2 Å². The number of hydrogen-bond acceptors (Lipinski definition) is 2. The number of benzene rings is 1. The lowest BCUT2D eigenvalue weighted by atomic mass is 9.87. The molecule has 1 aromatic carbocycles. The Morgan fingerprint density at radius 2 is 1.94 bits per heavy atom. The molecule has 1 fully saturated rings. The van der Waals surface area contributed by atoms with Gasteiger partial charge in [0.2, 0.25) is 0 Å². The molecule has 0 aliphatic carbocycles. The third kappa shape index (κ3) is 3.98. The van der Waals surface area contributed by atoms with Crippen molar-refractivity contribution in [2.45, 2.75) is 45.8 Å². The summed E-state index contributed by atoms with van der Waals surface area (Å²) in [5, 5.41) is 3.50. The molecule has 1 heterocycles. The Labute approximate surface area is 109 Å². The summed E-state index contributed by atoms with van der Waals surface area (Å²) in [4.78, 5) is 0. The first-order chi connectivity index (χ1) is 8.42. The zero-order valence-corrected chi connectivity index (χ0v) is 11.4. The van der Waals surface area contributed by atoms with E-state index in [4.69, 9.17) is 4.74 Å². The molecule has 0 spiro atoms. The third-order valence-corrected chi connectivity index (χ3v) is 3.16. The topological polar surface area (TPSA) is 21.3 Å². The van der Waals surface area contributed by atoms with E-state index in [-0.39, 0.29) is 11.9 Å². The van der Waals surface area contributed by atoms with Crippen molar-refractivity contribution in [1.29, 1.82) is 0 Å². The van der Waals surface area contributed by atoms with Crippen molar-refractivity contribution in [3.63, 3.8) is 0 Å². The highest BCUT2D eigenvalue weighted by atomic mass is 19.1. The van der Waals surface area contributed by atoms with Gasteiger partial charge < -0.3 is 10.1 Å². The van der Waals surface area contributed by atoms with Crippen LogP contribution >= 0.6 is 0 Å². The molecule has 2 atom stereocenters. The molecule has 2 nitrogen and oxygen atoms in total. The van der Waals surface area contributed by atoms with E-state index in [0.29, 0.717) is 11.5 Å². The fraction of sp³-hybridized carbons (Fsp3) is 0.600. The largest absolute Gasteiger partial charge is 0.489 e. The van der Waals surface area contributed by atoms with Gasteiger partial charge in [-0.25, -0.2) is 4.39 Å². The Morgan fingerprint density at radius 1 is 1.28 bits per heavy atom. The third-order valence-electron chi connectivity index (χ3n) is 3.16. The van der Waals surface area contributed by atoms with E-state index in [1.54, 1.807) is 12.1 Å². The number of ether oxygens (including phenoxy) is 1. The maximum atomic E-state index is 12.8. The van der Waals surface area contributed by atoms with E-state index in [2.05, 4.69) is 26.1 Å². The van der Waals surface area contributed by atoms with Crippen molar-refractivity contribution in [3.05, 3.63) is 30.1 Å². The van der Waals surface area contributed by atoms with Gasteiger partial charge in [0.15, 0.2) is 0 Å². The monoisotopic (exact) mass is 251 g/mol. The first-order valence-electron chi connectivity index (χ1n) is 6.58. The van der Waals surface area contributed by atoms with Crippen LogP contribution in [-0.2, 0) is 0 Å². The molecule has 1 aliphatic rings. The van der Waals surface area contributed by atoms with Crippen LogP contribution in [0.3, 0.4) is 0 Å². The van der Waals surface area contributed by atoms with Crippen LogP contribution in [0.2, 0.25) is 0 Å². The standard InChI is InChI=1S/C15H22FNO/c1-15(2,3)9-12-8-14(10-17-12)18-13-6-4-11(16)5-7-13/h4-7,12,14,17H,8-10H2,1-3H3. The average Bonchev–Trinajstić information content (AvgIpc) is 2.66. The second-order valence-electron chi connectivity index (χ2n) is 6.30. The van der Waals surface area contributed by atoms with Crippen molar-refractivity contribution in [1.82, 2.24) is 5.32 Å². The Bertz CT molecular complexity index is 382. The summed E-state index contributed by atoms with van der Waals surface area (Å²) in [7, 11) is 0. The lowest BCUT2D eigenvalue weighted by molar-refractivity contribution is 0.215. The summed E-state index contributed by atoms with van der Waals surface area (Å²) in [5.74, 6) is 0.525. The average molecular weight is 251 g/mol. The predicted octanol–water partition coefficient (Wildman–Crippen LogP) is 3.37. The molecule has 0 saturated carbocycles. The number of hydrogen-bond donors (Lipinski definition) is 1. The molecule has 100 valence electrons. The molecule has 1 N–H and O–H groups in total. The highest BCUT2D eigenvalue weighted by Crippen LogP contribution is 2.26. The Morgan fingerprint density at radius 3 is 2.56 bits per heavy atom. The lowest BCUT2D eigenvalue weighted by Crippen LogP contribution is -2.26. The highest BCUT2D eigenvalue weighted by Gasteiger charge is 2.28. The van der Waals surface area contributed by atoms with Crippen LogP contribution in [-0.4, -0.2) is 18.7 Å². The SMILES string of the molecule is CC(C)(C)CC1CC(Oc2ccc(F)cc2)CN1. The number of halogens is 1. The van der Waals surface area contributed by atoms with Gasteiger partial charge in [0, 0.05) is 19.0 Å². The Hall–Kier alpha value is -1.09. The fourth-order valence-corrected chi connectivity index (χ4v) is 2.47. The molecule has 2 rings (SSSR count). The minimum Gasteiger partial charge on any atom is -0.489 e. The maximum Gasteiger partial charge on any atom is 0.123 e. The van der Waals surface area contributed by atoms with Gasteiger partial charge >= 0.3 is 0 Å². The first kappa shape index (κ1) is 13.3. The molecule has 1 saturated heterocycles. The van der Waals surface area contributed by atoms with Crippen molar-refractivity contribution in [3.8, 4) is 5.75 Å². The normalized spacial score (nSPS) is 24.2. The predicted molar refractivity (Wildman–Crippen MR) is 71.3 cm³/mol. The maximum absolute atomic E-state index is 12.8. The van der Waals surface area contributed by atoms with Crippen molar-refractivity contribution in [2.75, 3.05) is 6.54 Å². The minimum atomic E-state index is -0.225. The number of rotatable bonds is 3. The van der Waals surface area contributed by atoms with Gasteiger partial charge in [0.1, 0.15) is 17.7 Å². The molecule has 0 bridgehead atoms. The quantitative estimate of drug-likeness (QED) is 0.889. The van der Waals surface area contributed by atoms with Gasteiger partial charge in [0.05, 0.1) is 0 Å². The van der Waals surface area contributed by atoms with Crippen LogP contribution in [0.1, 0.15) is 33.6 Å². The molecule has 0 aromatic heterocycles. The molecule has 3 heteroatoms.